The number of benzene rings is 2. The number of aryl methyl sites for hydroxylation is 1. The van der Waals surface area contributed by atoms with Crippen LogP contribution in [0.1, 0.15) is 17.5 Å². The molecule has 2 aromatic rings. The van der Waals surface area contributed by atoms with E-state index in [2.05, 4.69) is 15.1 Å². The number of nitrogens with zero attached hydrogens (tertiary/aromatic N) is 2. The molecule has 0 unspecified atom stereocenters. The molecular weight excluding hydrogens is 369 g/mol. The molecule has 0 aromatic heterocycles. The van der Waals surface area contributed by atoms with Crippen LogP contribution in [0, 0.1) is 12.7 Å². The lowest BCUT2D eigenvalue weighted by molar-refractivity contribution is -0.122. The quantitative estimate of drug-likeness (QED) is 0.694. The maximum atomic E-state index is 13.9. The minimum Gasteiger partial charge on any atom is -0.492 e. The van der Waals surface area contributed by atoms with Crippen molar-refractivity contribution >= 4 is 5.91 Å². The minimum absolute atomic E-state index is 0.0143. The summed E-state index contributed by atoms with van der Waals surface area (Å²) in [6.45, 7) is 7.39. The third-order valence-electron chi connectivity index (χ3n) is 5.08. The maximum absolute atomic E-state index is 13.9. The van der Waals surface area contributed by atoms with Gasteiger partial charge >= 0.3 is 0 Å². The van der Waals surface area contributed by atoms with Crippen LogP contribution in [0.2, 0.25) is 0 Å². The molecule has 1 fully saturated rings. The molecule has 0 spiro atoms. The third kappa shape index (κ3) is 7.15. The molecule has 6 heteroatoms. The molecule has 0 bridgehead atoms. The topological polar surface area (TPSA) is 44.8 Å². The number of rotatable bonds is 8. The minimum atomic E-state index is -0.152. The molecule has 1 aliphatic rings. The Hall–Kier alpha value is -2.44. The lowest BCUT2D eigenvalue weighted by Gasteiger charge is -2.21. The Morgan fingerprint density at radius 2 is 1.86 bits per heavy atom. The second-order valence-corrected chi connectivity index (χ2v) is 7.51. The van der Waals surface area contributed by atoms with Gasteiger partial charge in [-0.1, -0.05) is 30.3 Å². The molecule has 1 amide bonds. The lowest BCUT2D eigenvalue weighted by atomic mass is 10.2. The number of ether oxygens (including phenoxy) is 1. The van der Waals surface area contributed by atoms with Gasteiger partial charge in [0.05, 0.1) is 13.1 Å². The monoisotopic (exact) mass is 399 g/mol. The van der Waals surface area contributed by atoms with Gasteiger partial charge in [0, 0.05) is 25.2 Å². The molecule has 1 N–H and O–H groups in total. The largest absolute Gasteiger partial charge is 0.492 e. The first-order valence-electron chi connectivity index (χ1n) is 10.2. The van der Waals surface area contributed by atoms with Gasteiger partial charge in [-0.05, 0) is 50.2 Å². The van der Waals surface area contributed by atoms with Crippen LogP contribution in [-0.4, -0.2) is 61.6 Å². The predicted octanol–water partition coefficient (Wildman–Crippen LogP) is 2.84. The highest BCUT2D eigenvalue weighted by atomic mass is 19.1. The van der Waals surface area contributed by atoms with Gasteiger partial charge in [-0.2, -0.15) is 0 Å². The summed E-state index contributed by atoms with van der Waals surface area (Å²) in [4.78, 5) is 16.7. The first-order chi connectivity index (χ1) is 14.1. The highest BCUT2D eigenvalue weighted by molar-refractivity contribution is 5.78. The van der Waals surface area contributed by atoms with Crippen LogP contribution < -0.4 is 10.1 Å². The van der Waals surface area contributed by atoms with Crippen LogP contribution in [0.3, 0.4) is 0 Å². The molecule has 156 valence electrons. The number of hydrogen-bond donors (Lipinski definition) is 1. The van der Waals surface area contributed by atoms with E-state index in [1.54, 1.807) is 6.07 Å². The molecule has 0 saturated carbocycles. The van der Waals surface area contributed by atoms with Crippen LogP contribution in [0.15, 0.2) is 48.5 Å². The van der Waals surface area contributed by atoms with E-state index in [0.717, 1.165) is 49.5 Å². The molecule has 3 rings (SSSR count). The van der Waals surface area contributed by atoms with Crippen molar-refractivity contribution in [3.63, 3.8) is 0 Å². The van der Waals surface area contributed by atoms with Crippen molar-refractivity contribution in [2.75, 3.05) is 45.9 Å². The third-order valence-corrected chi connectivity index (χ3v) is 5.08. The molecule has 0 radical (unpaired) electrons. The maximum Gasteiger partial charge on any atom is 0.234 e. The second-order valence-electron chi connectivity index (χ2n) is 7.51. The Kier molecular flexibility index (Phi) is 8.02. The summed E-state index contributed by atoms with van der Waals surface area (Å²) in [7, 11) is 0. The SMILES string of the molecule is Cc1cccc(OCCNC(=O)CN2CCCN(Cc3ccccc3F)CC2)c1. The smallest absolute Gasteiger partial charge is 0.234 e. The summed E-state index contributed by atoms with van der Waals surface area (Å²) >= 11 is 0. The normalized spacial score (nSPS) is 15.7. The van der Waals surface area contributed by atoms with Gasteiger partial charge in [-0.15, -0.1) is 0 Å². The summed E-state index contributed by atoms with van der Waals surface area (Å²) in [5, 5.41) is 2.92. The van der Waals surface area contributed by atoms with E-state index in [4.69, 9.17) is 4.74 Å². The van der Waals surface area contributed by atoms with Crippen molar-refractivity contribution in [2.24, 2.45) is 0 Å². The fourth-order valence-corrected chi connectivity index (χ4v) is 3.53. The summed E-state index contributed by atoms with van der Waals surface area (Å²) in [6.07, 6.45) is 0.970. The van der Waals surface area contributed by atoms with Crippen LogP contribution in [0.4, 0.5) is 4.39 Å². The van der Waals surface area contributed by atoms with E-state index in [0.29, 0.717) is 26.2 Å². The lowest BCUT2D eigenvalue weighted by Crippen LogP contribution is -2.40. The number of hydrogen-bond acceptors (Lipinski definition) is 4. The van der Waals surface area contributed by atoms with E-state index >= 15 is 0 Å². The predicted molar refractivity (Wildman–Crippen MR) is 112 cm³/mol. The Balaban J connectivity index is 1.35. The van der Waals surface area contributed by atoms with Crippen LogP contribution in [0.25, 0.3) is 0 Å². The number of carbonyl (C=O) groups is 1. The van der Waals surface area contributed by atoms with Crippen molar-refractivity contribution in [2.45, 2.75) is 19.9 Å². The van der Waals surface area contributed by atoms with Gasteiger partial charge in [-0.3, -0.25) is 14.6 Å². The van der Waals surface area contributed by atoms with Gasteiger partial charge in [0.2, 0.25) is 5.91 Å². The van der Waals surface area contributed by atoms with Crippen molar-refractivity contribution in [1.29, 1.82) is 0 Å². The molecule has 1 saturated heterocycles. The van der Waals surface area contributed by atoms with E-state index in [-0.39, 0.29) is 11.7 Å². The summed E-state index contributed by atoms with van der Waals surface area (Å²) < 4.78 is 19.5. The van der Waals surface area contributed by atoms with Gasteiger partial charge in [0.15, 0.2) is 0 Å². The molecule has 2 aromatic carbocycles. The van der Waals surface area contributed by atoms with E-state index in [1.165, 1.54) is 6.07 Å². The van der Waals surface area contributed by atoms with E-state index in [9.17, 15) is 9.18 Å². The molecule has 0 atom stereocenters. The average Bonchev–Trinajstić information content (AvgIpc) is 2.92. The van der Waals surface area contributed by atoms with Crippen molar-refractivity contribution in [1.82, 2.24) is 15.1 Å². The zero-order chi connectivity index (χ0) is 20.5. The van der Waals surface area contributed by atoms with Crippen molar-refractivity contribution < 1.29 is 13.9 Å². The first-order valence-corrected chi connectivity index (χ1v) is 10.2. The number of amides is 1. The van der Waals surface area contributed by atoms with Crippen LogP contribution in [-0.2, 0) is 11.3 Å². The Bertz CT molecular complexity index is 799. The zero-order valence-corrected chi connectivity index (χ0v) is 17.1. The number of halogens is 1. The zero-order valence-electron chi connectivity index (χ0n) is 17.1. The van der Waals surface area contributed by atoms with E-state index in [1.807, 2.05) is 43.3 Å². The van der Waals surface area contributed by atoms with Gasteiger partial charge in [-0.25, -0.2) is 4.39 Å². The summed E-state index contributed by atoms with van der Waals surface area (Å²) in [5.74, 6) is 0.683. The van der Waals surface area contributed by atoms with Crippen molar-refractivity contribution in [3.05, 3.63) is 65.5 Å². The molecule has 1 heterocycles. The first kappa shape index (κ1) is 21.3. The van der Waals surface area contributed by atoms with Gasteiger partial charge in [0.25, 0.3) is 0 Å². The van der Waals surface area contributed by atoms with Crippen LogP contribution in [0.5, 0.6) is 5.75 Å². The molecule has 1 aliphatic heterocycles. The summed E-state index contributed by atoms with van der Waals surface area (Å²) in [6, 6.07) is 14.8. The molecule has 29 heavy (non-hydrogen) atoms. The number of carbonyl (C=O) groups excluding carboxylic acids is 1. The standard InChI is InChI=1S/C23H30FN3O2/c1-19-6-4-8-21(16-19)29-15-10-25-23(28)18-27-12-5-11-26(13-14-27)17-20-7-2-3-9-22(20)24/h2-4,6-9,16H,5,10-15,17-18H2,1H3,(H,25,28). The molecule has 5 nitrogen and oxygen atoms in total. The average molecular weight is 400 g/mol. The molecule has 0 aliphatic carbocycles. The molecular formula is C23H30FN3O2. The highest BCUT2D eigenvalue weighted by Gasteiger charge is 2.18. The Labute approximate surface area is 172 Å². The van der Waals surface area contributed by atoms with Gasteiger partial charge in [0.1, 0.15) is 18.2 Å². The Morgan fingerprint density at radius 3 is 2.69 bits per heavy atom. The fourth-order valence-electron chi connectivity index (χ4n) is 3.53. The number of nitrogens with one attached hydrogen (secondary N) is 1. The van der Waals surface area contributed by atoms with E-state index < -0.39 is 0 Å². The van der Waals surface area contributed by atoms with Crippen LogP contribution >= 0.6 is 0 Å². The highest BCUT2D eigenvalue weighted by Crippen LogP contribution is 2.13. The fraction of sp³-hybridized carbons (Fsp3) is 0.435. The Morgan fingerprint density at radius 1 is 1.07 bits per heavy atom. The van der Waals surface area contributed by atoms with Gasteiger partial charge < -0.3 is 10.1 Å². The summed E-state index contributed by atoms with van der Waals surface area (Å²) in [5.41, 5.74) is 1.88. The van der Waals surface area contributed by atoms with Crippen molar-refractivity contribution in [3.8, 4) is 5.75 Å². The second kappa shape index (κ2) is 10.9.